The van der Waals surface area contributed by atoms with E-state index in [2.05, 4.69) is 15.6 Å². The molecule has 17 heavy (non-hydrogen) atoms. The Kier molecular flexibility index (Phi) is 3.34. The van der Waals surface area contributed by atoms with E-state index in [1.54, 1.807) is 18.0 Å². The number of carbonyl (C=O) groups is 1. The number of nitrogens with one attached hydrogen (secondary N) is 1. The smallest absolute Gasteiger partial charge is 0.207 e. The zero-order chi connectivity index (χ0) is 12.1. The van der Waals surface area contributed by atoms with Crippen molar-refractivity contribution < 1.29 is 9.53 Å². The fourth-order valence-corrected chi connectivity index (χ4v) is 1.40. The van der Waals surface area contributed by atoms with Crippen LogP contribution in [0.3, 0.4) is 0 Å². The Morgan fingerprint density at radius 3 is 3.18 bits per heavy atom. The maximum Gasteiger partial charge on any atom is 0.207 e. The summed E-state index contributed by atoms with van der Waals surface area (Å²) in [5.74, 6) is 0.755. The van der Waals surface area contributed by atoms with Gasteiger partial charge in [-0.15, -0.1) is 5.10 Å². The molecule has 1 heterocycles. The normalized spacial score (nSPS) is 9.94. The number of carbonyl (C=O) groups excluding carboxylic acids is 1. The van der Waals surface area contributed by atoms with Crippen LogP contribution in [0, 0.1) is 0 Å². The van der Waals surface area contributed by atoms with E-state index < -0.39 is 0 Å². The van der Waals surface area contributed by atoms with Gasteiger partial charge in [-0.25, -0.2) is 4.68 Å². The van der Waals surface area contributed by atoms with E-state index in [1.165, 1.54) is 0 Å². The molecular weight excluding hydrogens is 220 g/mol. The molecule has 0 spiro atoms. The van der Waals surface area contributed by atoms with E-state index in [0.29, 0.717) is 18.6 Å². The summed E-state index contributed by atoms with van der Waals surface area (Å²) in [6.45, 7) is 0.369. The van der Waals surface area contributed by atoms with Crippen molar-refractivity contribution in [3.8, 4) is 11.4 Å². The van der Waals surface area contributed by atoms with Gasteiger partial charge in [0, 0.05) is 6.07 Å². The molecule has 6 heteroatoms. The van der Waals surface area contributed by atoms with Crippen LogP contribution in [0.25, 0.3) is 5.69 Å². The highest BCUT2D eigenvalue weighted by molar-refractivity contribution is 5.46. The summed E-state index contributed by atoms with van der Waals surface area (Å²) in [6, 6.07) is 7.48. The third-order valence-electron chi connectivity index (χ3n) is 2.23. The molecule has 1 amide bonds. The second-order valence-electron chi connectivity index (χ2n) is 3.35. The lowest BCUT2D eigenvalue weighted by molar-refractivity contribution is -0.109. The molecule has 0 fully saturated rings. The molecule has 1 N–H and O–H groups in total. The third kappa shape index (κ3) is 2.60. The zero-order valence-electron chi connectivity index (χ0n) is 9.33. The van der Waals surface area contributed by atoms with Crippen molar-refractivity contribution in [3.05, 3.63) is 36.2 Å². The van der Waals surface area contributed by atoms with Gasteiger partial charge in [0.05, 0.1) is 25.5 Å². The monoisotopic (exact) mass is 232 g/mol. The van der Waals surface area contributed by atoms with E-state index in [1.807, 2.05) is 24.3 Å². The topological polar surface area (TPSA) is 69.0 Å². The van der Waals surface area contributed by atoms with Crippen molar-refractivity contribution in [1.29, 1.82) is 0 Å². The number of rotatable bonds is 5. The highest BCUT2D eigenvalue weighted by Crippen LogP contribution is 2.15. The summed E-state index contributed by atoms with van der Waals surface area (Å²) >= 11 is 0. The molecule has 0 atom stereocenters. The molecule has 0 radical (unpaired) electrons. The first kappa shape index (κ1) is 11.1. The molecule has 0 aliphatic heterocycles. The molecule has 0 aliphatic rings. The molecule has 0 saturated carbocycles. The number of aromatic nitrogens is 3. The summed E-state index contributed by atoms with van der Waals surface area (Å²) in [4.78, 5) is 10.2. The van der Waals surface area contributed by atoms with E-state index in [9.17, 15) is 4.79 Å². The molecule has 0 aliphatic carbocycles. The molecule has 6 nitrogen and oxygen atoms in total. The van der Waals surface area contributed by atoms with Crippen LogP contribution in [0.2, 0.25) is 0 Å². The summed E-state index contributed by atoms with van der Waals surface area (Å²) < 4.78 is 6.76. The summed E-state index contributed by atoms with van der Waals surface area (Å²) in [7, 11) is 1.61. The quantitative estimate of drug-likeness (QED) is 0.763. The van der Waals surface area contributed by atoms with Crippen LogP contribution in [0.1, 0.15) is 5.69 Å². The largest absolute Gasteiger partial charge is 0.497 e. The number of benzene rings is 1. The fraction of sp³-hybridized carbons (Fsp3) is 0.182. The van der Waals surface area contributed by atoms with Gasteiger partial charge in [0.2, 0.25) is 6.41 Å². The number of methoxy groups -OCH3 is 1. The average molecular weight is 232 g/mol. The van der Waals surface area contributed by atoms with Crippen molar-refractivity contribution >= 4 is 6.41 Å². The van der Waals surface area contributed by atoms with Crippen LogP contribution >= 0.6 is 0 Å². The number of hydrogen-bond acceptors (Lipinski definition) is 4. The Morgan fingerprint density at radius 2 is 2.41 bits per heavy atom. The van der Waals surface area contributed by atoms with Gasteiger partial charge in [-0.05, 0) is 12.1 Å². The predicted molar refractivity (Wildman–Crippen MR) is 60.8 cm³/mol. The number of hydrogen-bond donors (Lipinski definition) is 1. The molecule has 1 aromatic carbocycles. The molecule has 1 aromatic heterocycles. The summed E-state index contributed by atoms with van der Waals surface area (Å²) in [5.41, 5.74) is 1.55. The van der Waals surface area contributed by atoms with Crippen LogP contribution in [-0.4, -0.2) is 28.5 Å². The van der Waals surface area contributed by atoms with Crippen LogP contribution < -0.4 is 10.1 Å². The first-order chi connectivity index (χ1) is 8.33. The van der Waals surface area contributed by atoms with Crippen molar-refractivity contribution in [3.63, 3.8) is 0 Å². The van der Waals surface area contributed by atoms with Gasteiger partial charge in [0.15, 0.2) is 0 Å². The van der Waals surface area contributed by atoms with Crippen molar-refractivity contribution in [1.82, 2.24) is 20.3 Å². The number of ether oxygens (including phenoxy) is 1. The Morgan fingerprint density at radius 1 is 1.53 bits per heavy atom. The third-order valence-corrected chi connectivity index (χ3v) is 2.23. The van der Waals surface area contributed by atoms with Crippen molar-refractivity contribution in [2.24, 2.45) is 0 Å². The van der Waals surface area contributed by atoms with Gasteiger partial charge in [-0.2, -0.15) is 0 Å². The van der Waals surface area contributed by atoms with Crippen LogP contribution in [-0.2, 0) is 11.3 Å². The maximum absolute atomic E-state index is 10.2. The SMILES string of the molecule is COc1cccc(-n2cc(CNC=O)nn2)c1. The molecule has 2 aromatic rings. The van der Waals surface area contributed by atoms with Crippen LogP contribution in [0.5, 0.6) is 5.75 Å². The van der Waals surface area contributed by atoms with Gasteiger partial charge in [-0.3, -0.25) is 4.79 Å². The van der Waals surface area contributed by atoms with Gasteiger partial charge >= 0.3 is 0 Å². The Bertz CT molecular complexity index is 510. The lowest BCUT2D eigenvalue weighted by Gasteiger charge is -2.02. The van der Waals surface area contributed by atoms with E-state index in [-0.39, 0.29) is 0 Å². The standard InChI is InChI=1S/C11H12N4O2/c1-17-11-4-2-3-10(5-11)15-7-9(13-14-15)6-12-8-16/h2-5,7-8H,6H2,1H3,(H,12,16). The first-order valence-corrected chi connectivity index (χ1v) is 5.06. The lowest BCUT2D eigenvalue weighted by atomic mass is 10.3. The Hall–Kier alpha value is -2.37. The molecule has 0 unspecified atom stereocenters. The average Bonchev–Trinajstić information content (AvgIpc) is 2.85. The van der Waals surface area contributed by atoms with Gasteiger partial charge in [0.1, 0.15) is 11.4 Å². The molecule has 2 rings (SSSR count). The molecule has 0 bridgehead atoms. The summed E-state index contributed by atoms with van der Waals surface area (Å²) in [6.07, 6.45) is 2.38. The second kappa shape index (κ2) is 5.11. The highest BCUT2D eigenvalue weighted by Gasteiger charge is 2.03. The first-order valence-electron chi connectivity index (χ1n) is 5.06. The molecular formula is C11H12N4O2. The summed E-state index contributed by atoms with van der Waals surface area (Å²) in [5, 5.41) is 10.4. The van der Waals surface area contributed by atoms with Crippen molar-refractivity contribution in [2.75, 3.05) is 7.11 Å². The second-order valence-corrected chi connectivity index (χ2v) is 3.35. The minimum atomic E-state index is 0.369. The Balaban J connectivity index is 2.20. The maximum atomic E-state index is 10.2. The van der Waals surface area contributed by atoms with Crippen LogP contribution in [0.15, 0.2) is 30.5 Å². The van der Waals surface area contributed by atoms with Crippen LogP contribution in [0.4, 0.5) is 0 Å². The number of amides is 1. The predicted octanol–water partition coefficient (Wildman–Crippen LogP) is 0.522. The van der Waals surface area contributed by atoms with Gasteiger partial charge < -0.3 is 10.1 Å². The zero-order valence-corrected chi connectivity index (χ0v) is 9.33. The molecule has 0 saturated heterocycles. The highest BCUT2D eigenvalue weighted by atomic mass is 16.5. The van der Waals surface area contributed by atoms with E-state index >= 15 is 0 Å². The van der Waals surface area contributed by atoms with Crippen molar-refractivity contribution in [2.45, 2.75) is 6.54 Å². The molecule has 88 valence electrons. The Labute approximate surface area is 98.2 Å². The van der Waals surface area contributed by atoms with Gasteiger partial charge in [-0.1, -0.05) is 11.3 Å². The minimum Gasteiger partial charge on any atom is -0.497 e. The lowest BCUT2D eigenvalue weighted by Crippen LogP contribution is -2.09. The number of nitrogens with zero attached hydrogens (tertiary/aromatic N) is 3. The minimum absolute atomic E-state index is 0.369. The fourth-order valence-electron chi connectivity index (χ4n) is 1.40. The van der Waals surface area contributed by atoms with E-state index in [4.69, 9.17) is 4.74 Å². The van der Waals surface area contributed by atoms with Gasteiger partial charge in [0.25, 0.3) is 0 Å². The van der Waals surface area contributed by atoms with E-state index in [0.717, 1.165) is 11.4 Å².